The highest BCUT2D eigenvalue weighted by Gasteiger charge is 2.02. The minimum absolute atomic E-state index is 0.00989. The first-order chi connectivity index (χ1) is 9.26. The maximum Gasteiger partial charge on any atom is 0.238 e. The molecule has 6 heteroatoms. The van der Waals surface area contributed by atoms with Gasteiger partial charge < -0.3 is 20.1 Å². The smallest absolute Gasteiger partial charge is 0.238 e. The van der Waals surface area contributed by atoms with E-state index in [0.717, 1.165) is 0 Å². The zero-order valence-corrected chi connectivity index (χ0v) is 10.9. The van der Waals surface area contributed by atoms with Gasteiger partial charge in [-0.1, -0.05) is 6.07 Å². The summed E-state index contributed by atoms with van der Waals surface area (Å²) in [4.78, 5) is 11.6. The number of hydrogen-bond acceptors (Lipinski definition) is 4. The third-order valence-corrected chi connectivity index (χ3v) is 2.23. The van der Waals surface area contributed by atoms with Crippen LogP contribution in [0.15, 0.2) is 24.3 Å². The summed E-state index contributed by atoms with van der Waals surface area (Å²) in [5.41, 5.74) is 0.620. The summed E-state index contributed by atoms with van der Waals surface area (Å²) in [6.45, 7) is 0.846. The van der Waals surface area contributed by atoms with E-state index in [4.69, 9.17) is 9.47 Å². The van der Waals surface area contributed by atoms with Gasteiger partial charge in [-0.15, -0.1) is 0 Å². The first-order valence-corrected chi connectivity index (χ1v) is 6.04. The molecule has 0 atom stereocenters. The first-order valence-electron chi connectivity index (χ1n) is 6.04. The van der Waals surface area contributed by atoms with E-state index >= 15 is 0 Å². The van der Waals surface area contributed by atoms with Crippen LogP contribution in [0.25, 0.3) is 0 Å². The van der Waals surface area contributed by atoms with Gasteiger partial charge in [-0.3, -0.25) is 4.79 Å². The molecule has 1 aromatic rings. The van der Waals surface area contributed by atoms with Gasteiger partial charge in [0.25, 0.3) is 0 Å². The van der Waals surface area contributed by atoms with E-state index in [0.29, 0.717) is 24.6 Å². The molecule has 5 nitrogen and oxygen atoms in total. The summed E-state index contributed by atoms with van der Waals surface area (Å²) >= 11 is 0. The molecule has 19 heavy (non-hydrogen) atoms. The summed E-state index contributed by atoms with van der Waals surface area (Å²) in [7, 11) is 1.60. The fourth-order valence-electron chi connectivity index (χ4n) is 1.40. The van der Waals surface area contributed by atoms with Gasteiger partial charge in [0.2, 0.25) is 5.91 Å². The topological polar surface area (TPSA) is 59.6 Å². The van der Waals surface area contributed by atoms with Crippen LogP contribution < -0.4 is 15.4 Å². The molecule has 0 aromatic heterocycles. The van der Waals surface area contributed by atoms with Crippen molar-refractivity contribution in [3.05, 3.63) is 24.3 Å². The maximum absolute atomic E-state index is 12.0. The van der Waals surface area contributed by atoms with Crippen LogP contribution in [0.2, 0.25) is 0 Å². The summed E-state index contributed by atoms with van der Waals surface area (Å²) < 4.78 is 22.0. The normalized spacial score (nSPS) is 10.2. The standard InChI is InChI=1S/C13H19FN2O3/c1-18-8-6-15-10-13(17)16-11-3-2-4-12(9-11)19-7-5-14/h2-4,9,15H,5-8,10H2,1H3,(H,16,17). The Kier molecular flexibility index (Phi) is 7.53. The van der Waals surface area contributed by atoms with E-state index in [1.807, 2.05) is 0 Å². The van der Waals surface area contributed by atoms with Gasteiger partial charge in [0.1, 0.15) is 19.0 Å². The molecule has 0 radical (unpaired) electrons. The molecule has 106 valence electrons. The fraction of sp³-hybridized carbons (Fsp3) is 0.462. The lowest BCUT2D eigenvalue weighted by atomic mass is 10.3. The van der Waals surface area contributed by atoms with E-state index < -0.39 is 6.67 Å². The lowest BCUT2D eigenvalue weighted by Crippen LogP contribution is -2.30. The van der Waals surface area contributed by atoms with Crippen LogP contribution in [0.5, 0.6) is 5.75 Å². The molecule has 0 aliphatic carbocycles. The highest BCUT2D eigenvalue weighted by molar-refractivity contribution is 5.92. The van der Waals surface area contributed by atoms with Crippen molar-refractivity contribution in [1.82, 2.24) is 5.32 Å². The number of ether oxygens (including phenoxy) is 2. The Morgan fingerprint density at radius 2 is 2.21 bits per heavy atom. The van der Waals surface area contributed by atoms with Crippen LogP contribution in [0.3, 0.4) is 0 Å². The predicted octanol–water partition coefficient (Wildman–Crippen LogP) is 1.21. The van der Waals surface area contributed by atoms with Crippen LogP contribution in [0.4, 0.5) is 10.1 Å². The molecule has 1 amide bonds. The summed E-state index contributed by atoms with van der Waals surface area (Å²) in [6, 6.07) is 6.85. The number of anilines is 1. The van der Waals surface area contributed by atoms with Crippen LogP contribution >= 0.6 is 0 Å². The second kappa shape index (κ2) is 9.29. The molecule has 0 aliphatic rings. The molecule has 0 aliphatic heterocycles. The fourth-order valence-corrected chi connectivity index (χ4v) is 1.40. The molecule has 0 fully saturated rings. The van der Waals surface area contributed by atoms with Crippen molar-refractivity contribution in [2.45, 2.75) is 0 Å². The lowest BCUT2D eigenvalue weighted by molar-refractivity contribution is -0.115. The van der Waals surface area contributed by atoms with E-state index in [-0.39, 0.29) is 19.1 Å². The SMILES string of the molecule is COCCNCC(=O)Nc1cccc(OCCF)c1. The molecule has 0 unspecified atom stereocenters. The zero-order valence-electron chi connectivity index (χ0n) is 10.9. The Labute approximate surface area is 112 Å². The quantitative estimate of drug-likeness (QED) is 0.662. The van der Waals surface area contributed by atoms with Gasteiger partial charge in [-0.05, 0) is 12.1 Å². The van der Waals surface area contributed by atoms with Crippen molar-refractivity contribution in [3.63, 3.8) is 0 Å². The van der Waals surface area contributed by atoms with Crippen molar-refractivity contribution < 1.29 is 18.7 Å². The van der Waals surface area contributed by atoms with E-state index in [2.05, 4.69) is 10.6 Å². The van der Waals surface area contributed by atoms with E-state index in [9.17, 15) is 9.18 Å². The second-order valence-electron chi connectivity index (χ2n) is 3.78. The van der Waals surface area contributed by atoms with Gasteiger partial charge >= 0.3 is 0 Å². The summed E-state index contributed by atoms with van der Waals surface area (Å²) in [5, 5.41) is 5.66. The average molecular weight is 270 g/mol. The molecule has 1 aromatic carbocycles. The molecule has 0 heterocycles. The monoisotopic (exact) mass is 270 g/mol. The highest BCUT2D eigenvalue weighted by Crippen LogP contribution is 2.17. The Morgan fingerprint density at radius 3 is 2.95 bits per heavy atom. The van der Waals surface area contributed by atoms with Crippen LogP contribution in [-0.4, -0.2) is 46.0 Å². The number of rotatable bonds is 9. The second-order valence-corrected chi connectivity index (χ2v) is 3.78. The van der Waals surface area contributed by atoms with Crippen molar-refractivity contribution >= 4 is 11.6 Å². The van der Waals surface area contributed by atoms with Crippen molar-refractivity contribution in [3.8, 4) is 5.75 Å². The molecular formula is C13H19FN2O3. The van der Waals surface area contributed by atoms with Crippen LogP contribution in [-0.2, 0) is 9.53 Å². The molecule has 1 rings (SSSR count). The Hall–Kier alpha value is -1.66. The Morgan fingerprint density at radius 1 is 1.37 bits per heavy atom. The molecule has 0 saturated carbocycles. The minimum Gasteiger partial charge on any atom is -0.491 e. The van der Waals surface area contributed by atoms with Gasteiger partial charge in [0.15, 0.2) is 0 Å². The molecule has 0 saturated heterocycles. The molecule has 2 N–H and O–H groups in total. The van der Waals surface area contributed by atoms with E-state index in [1.54, 1.807) is 31.4 Å². The number of methoxy groups -OCH3 is 1. The Bertz CT molecular complexity index is 388. The number of amides is 1. The number of hydrogen-bond donors (Lipinski definition) is 2. The van der Waals surface area contributed by atoms with Gasteiger partial charge in [-0.25, -0.2) is 4.39 Å². The third-order valence-electron chi connectivity index (χ3n) is 2.23. The van der Waals surface area contributed by atoms with Crippen LogP contribution in [0.1, 0.15) is 0 Å². The highest BCUT2D eigenvalue weighted by atomic mass is 19.1. The van der Waals surface area contributed by atoms with Crippen molar-refractivity contribution in [2.75, 3.05) is 45.4 Å². The summed E-state index contributed by atoms with van der Waals surface area (Å²) in [6.07, 6.45) is 0. The number of benzene rings is 1. The first kappa shape index (κ1) is 15.4. The van der Waals surface area contributed by atoms with Crippen LogP contribution in [0, 0.1) is 0 Å². The maximum atomic E-state index is 12.0. The zero-order chi connectivity index (χ0) is 13.9. The molecule has 0 spiro atoms. The molecular weight excluding hydrogens is 251 g/mol. The van der Waals surface area contributed by atoms with Gasteiger partial charge in [-0.2, -0.15) is 0 Å². The predicted molar refractivity (Wildman–Crippen MR) is 71.3 cm³/mol. The lowest BCUT2D eigenvalue weighted by Gasteiger charge is -2.08. The van der Waals surface area contributed by atoms with E-state index in [1.165, 1.54) is 0 Å². The number of halogens is 1. The molecule has 0 bridgehead atoms. The number of alkyl halides is 1. The minimum atomic E-state index is -0.542. The van der Waals surface area contributed by atoms with Gasteiger partial charge in [0, 0.05) is 25.4 Å². The average Bonchev–Trinajstić information content (AvgIpc) is 2.42. The van der Waals surface area contributed by atoms with Crippen molar-refractivity contribution in [2.24, 2.45) is 0 Å². The number of nitrogens with one attached hydrogen (secondary N) is 2. The number of carbonyl (C=O) groups excluding carboxylic acids is 1. The van der Waals surface area contributed by atoms with Crippen molar-refractivity contribution in [1.29, 1.82) is 0 Å². The summed E-state index contributed by atoms with van der Waals surface area (Å²) in [5.74, 6) is 0.376. The number of carbonyl (C=O) groups is 1. The van der Waals surface area contributed by atoms with Gasteiger partial charge in [0.05, 0.1) is 13.2 Å². The largest absolute Gasteiger partial charge is 0.491 e. The third kappa shape index (κ3) is 6.73. The Balaban J connectivity index is 2.36.